The molecule has 0 saturated carbocycles. The van der Waals surface area contributed by atoms with Crippen LogP contribution >= 0.6 is 34.4 Å². The van der Waals surface area contributed by atoms with Gasteiger partial charge in [0.1, 0.15) is 0 Å². The lowest BCUT2D eigenvalue weighted by atomic mass is 9.96. The number of nitrogens with zero attached hydrogens (tertiary/aromatic N) is 2. The molecule has 24 heavy (non-hydrogen) atoms. The minimum atomic E-state index is -3.04. The van der Waals surface area contributed by atoms with Crippen LogP contribution in [0.15, 0.2) is 29.3 Å². The molecule has 1 aromatic rings. The minimum Gasteiger partial charge on any atom is -0.316 e. The largest absolute Gasteiger partial charge is 0.316 e. The topological polar surface area (TPSA) is 66.8 Å². The second kappa shape index (κ2) is 6.28. The van der Waals surface area contributed by atoms with E-state index in [-0.39, 0.29) is 28.7 Å². The molecule has 2 fully saturated rings. The van der Waals surface area contributed by atoms with Gasteiger partial charge in [-0.05, 0) is 40.8 Å². The first-order valence-electron chi connectivity index (χ1n) is 7.62. The molecule has 130 valence electrons. The first kappa shape index (κ1) is 18.2. The lowest BCUT2D eigenvalue weighted by Crippen LogP contribution is -2.38. The van der Waals surface area contributed by atoms with Crippen molar-refractivity contribution in [2.24, 2.45) is 10.4 Å². The lowest BCUT2D eigenvalue weighted by molar-refractivity contribution is -0.124. The molecular weight excluding hydrogens is 459 g/mol. The van der Waals surface area contributed by atoms with Crippen LogP contribution in [0.5, 0.6) is 0 Å². The van der Waals surface area contributed by atoms with Crippen molar-refractivity contribution in [3.63, 3.8) is 0 Å². The van der Waals surface area contributed by atoms with Gasteiger partial charge in [-0.15, -0.1) is 0 Å². The molecule has 0 aromatic heterocycles. The third kappa shape index (κ3) is 3.65. The van der Waals surface area contributed by atoms with Crippen LogP contribution in [0.25, 0.3) is 0 Å². The van der Waals surface area contributed by atoms with Gasteiger partial charge < -0.3 is 4.90 Å². The fourth-order valence-corrected chi connectivity index (χ4v) is 7.19. The van der Waals surface area contributed by atoms with E-state index in [1.807, 2.05) is 49.9 Å². The second-order valence-electron chi connectivity index (χ2n) is 7.10. The van der Waals surface area contributed by atoms with Crippen molar-refractivity contribution in [1.82, 2.24) is 0 Å². The van der Waals surface area contributed by atoms with Gasteiger partial charge in [-0.25, -0.2) is 8.42 Å². The van der Waals surface area contributed by atoms with E-state index in [1.54, 1.807) is 0 Å². The van der Waals surface area contributed by atoms with Crippen LogP contribution < -0.4 is 4.90 Å². The van der Waals surface area contributed by atoms with E-state index in [0.29, 0.717) is 5.17 Å². The Morgan fingerprint density at radius 2 is 2.04 bits per heavy atom. The number of hydrogen-bond acceptors (Lipinski definition) is 4. The first-order valence-corrected chi connectivity index (χ1v) is 11.4. The fourth-order valence-electron chi connectivity index (χ4n) is 2.75. The summed E-state index contributed by atoms with van der Waals surface area (Å²) >= 11 is 3.64. The molecule has 2 atom stereocenters. The van der Waals surface area contributed by atoms with Gasteiger partial charge in [0.25, 0.3) is 5.91 Å². The summed E-state index contributed by atoms with van der Waals surface area (Å²) in [5.41, 5.74) is 0.327. The first-order chi connectivity index (χ1) is 11.1. The zero-order valence-electron chi connectivity index (χ0n) is 13.7. The summed E-state index contributed by atoms with van der Waals surface area (Å²) in [4.78, 5) is 18.6. The molecule has 3 rings (SSSR count). The lowest BCUT2D eigenvalue weighted by Gasteiger charge is -2.25. The highest BCUT2D eigenvalue weighted by Gasteiger charge is 2.49. The number of halogens is 1. The van der Waals surface area contributed by atoms with Crippen LogP contribution in [-0.4, -0.2) is 42.3 Å². The second-order valence-corrected chi connectivity index (χ2v) is 11.7. The number of carbonyl (C=O) groups is 1. The van der Waals surface area contributed by atoms with E-state index in [9.17, 15) is 13.2 Å². The number of aliphatic imine (C=N–C) groups is 1. The number of carbonyl (C=O) groups excluding carboxylic acids is 1. The average Bonchev–Trinajstić information content (AvgIpc) is 2.88. The highest BCUT2D eigenvalue weighted by atomic mass is 127. The molecule has 2 saturated heterocycles. The SMILES string of the molecule is CC(C)(C)C(=O)N=C1SC2CS(=O)(=O)CC2N1c1cccc(I)c1. The molecule has 2 aliphatic rings. The number of rotatable bonds is 1. The summed E-state index contributed by atoms with van der Waals surface area (Å²) in [7, 11) is -3.04. The Morgan fingerprint density at radius 3 is 2.67 bits per heavy atom. The predicted molar refractivity (Wildman–Crippen MR) is 107 cm³/mol. The Hall–Kier alpha value is -0.610. The number of sulfone groups is 1. The van der Waals surface area contributed by atoms with Gasteiger partial charge >= 0.3 is 0 Å². The molecule has 0 aliphatic carbocycles. The van der Waals surface area contributed by atoms with Crippen LogP contribution in [0, 0.1) is 8.99 Å². The van der Waals surface area contributed by atoms with Gasteiger partial charge in [0.15, 0.2) is 15.0 Å². The zero-order valence-corrected chi connectivity index (χ0v) is 17.5. The average molecular weight is 478 g/mol. The summed E-state index contributed by atoms with van der Waals surface area (Å²) in [6.45, 7) is 5.50. The molecule has 2 aliphatic heterocycles. The number of fused-ring (bicyclic) bond motifs is 1. The summed E-state index contributed by atoms with van der Waals surface area (Å²) in [5.74, 6) is 0.0631. The van der Waals surface area contributed by atoms with Crippen LogP contribution in [0.2, 0.25) is 0 Å². The van der Waals surface area contributed by atoms with E-state index in [1.165, 1.54) is 11.8 Å². The Bertz CT molecular complexity index is 815. The quantitative estimate of drug-likeness (QED) is 0.581. The monoisotopic (exact) mass is 478 g/mol. The molecule has 0 radical (unpaired) electrons. The number of amidine groups is 1. The van der Waals surface area contributed by atoms with Gasteiger partial charge in [0.2, 0.25) is 0 Å². The number of amides is 1. The zero-order chi connectivity index (χ0) is 17.7. The van der Waals surface area contributed by atoms with E-state index < -0.39 is 15.3 Å². The standard InChI is InChI=1S/C16H19IN2O3S2/c1-16(2,3)14(20)18-15-19(11-6-4-5-10(17)7-11)12-8-24(21,22)9-13(12)23-15/h4-7,12-13H,8-9H2,1-3H3. The highest BCUT2D eigenvalue weighted by Crippen LogP contribution is 2.41. The molecule has 5 nitrogen and oxygen atoms in total. The van der Waals surface area contributed by atoms with Crippen molar-refractivity contribution in [3.05, 3.63) is 27.8 Å². The maximum Gasteiger partial charge on any atom is 0.253 e. The van der Waals surface area contributed by atoms with Crippen LogP contribution in [0.4, 0.5) is 5.69 Å². The number of hydrogen-bond donors (Lipinski definition) is 0. The summed E-state index contributed by atoms with van der Waals surface area (Å²) in [6.07, 6.45) is 0. The molecular formula is C16H19IN2O3S2. The molecule has 8 heteroatoms. The Kier molecular flexibility index (Phi) is 4.76. The third-order valence-electron chi connectivity index (χ3n) is 3.99. The number of benzene rings is 1. The van der Waals surface area contributed by atoms with Gasteiger partial charge in [-0.3, -0.25) is 4.79 Å². The summed E-state index contributed by atoms with van der Waals surface area (Å²) in [5, 5.41) is 0.543. The van der Waals surface area contributed by atoms with E-state index in [4.69, 9.17) is 0 Å². The van der Waals surface area contributed by atoms with E-state index >= 15 is 0 Å². The maximum atomic E-state index is 12.4. The van der Waals surface area contributed by atoms with Crippen molar-refractivity contribution in [2.75, 3.05) is 16.4 Å². The van der Waals surface area contributed by atoms with Gasteiger partial charge in [0, 0.05) is 19.9 Å². The van der Waals surface area contributed by atoms with E-state index in [2.05, 4.69) is 27.6 Å². The molecule has 2 unspecified atom stereocenters. The van der Waals surface area contributed by atoms with Crippen LogP contribution in [0.3, 0.4) is 0 Å². The highest BCUT2D eigenvalue weighted by molar-refractivity contribution is 14.1. The number of thioether (sulfide) groups is 1. The Balaban J connectivity index is 2.03. The maximum absolute atomic E-state index is 12.4. The number of anilines is 1. The smallest absolute Gasteiger partial charge is 0.253 e. The van der Waals surface area contributed by atoms with Gasteiger partial charge in [-0.1, -0.05) is 38.6 Å². The van der Waals surface area contributed by atoms with Crippen molar-refractivity contribution in [1.29, 1.82) is 0 Å². The third-order valence-corrected chi connectivity index (χ3v) is 7.87. The van der Waals surface area contributed by atoms with E-state index in [0.717, 1.165) is 9.26 Å². The Morgan fingerprint density at radius 1 is 1.33 bits per heavy atom. The van der Waals surface area contributed by atoms with Crippen molar-refractivity contribution >= 4 is 61.0 Å². The molecule has 0 N–H and O–H groups in total. The van der Waals surface area contributed by atoms with Gasteiger partial charge in [-0.2, -0.15) is 4.99 Å². The van der Waals surface area contributed by atoms with Crippen LogP contribution in [-0.2, 0) is 14.6 Å². The molecule has 0 bridgehead atoms. The van der Waals surface area contributed by atoms with Crippen molar-refractivity contribution in [2.45, 2.75) is 32.1 Å². The van der Waals surface area contributed by atoms with Crippen LogP contribution in [0.1, 0.15) is 20.8 Å². The van der Waals surface area contributed by atoms with Gasteiger partial charge in [0.05, 0.1) is 17.5 Å². The fraction of sp³-hybridized carbons (Fsp3) is 0.500. The summed E-state index contributed by atoms with van der Waals surface area (Å²) in [6, 6.07) is 7.68. The minimum absolute atomic E-state index is 0.0700. The van der Waals surface area contributed by atoms with Crippen molar-refractivity contribution < 1.29 is 13.2 Å². The Labute approximate surface area is 160 Å². The predicted octanol–water partition coefficient (Wildman–Crippen LogP) is 2.94. The summed E-state index contributed by atoms with van der Waals surface area (Å²) < 4.78 is 25.1. The molecule has 1 aromatic carbocycles. The normalized spacial score (nSPS) is 27.5. The van der Waals surface area contributed by atoms with Crippen molar-refractivity contribution in [3.8, 4) is 0 Å². The molecule has 2 heterocycles. The molecule has 0 spiro atoms. The molecule has 1 amide bonds.